The summed E-state index contributed by atoms with van der Waals surface area (Å²) in [5, 5.41) is 11.6. The molecule has 0 aliphatic carbocycles. The van der Waals surface area contributed by atoms with Crippen LogP contribution in [0.15, 0.2) is 48.5 Å². The maximum absolute atomic E-state index is 12.2. The molecule has 1 amide bonds. The third kappa shape index (κ3) is 3.95. The fourth-order valence-corrected chi connectivity index (χ4v) is 2.54. The summed E-state index contributed by atoms with van der Waals surface area (Å²) in [6, 6.07) is 13.3. The monoisotopic (exact) mass is 340 g/mol. The van der Waals surface area contributed by atoms with Crippen molar-refractivity contribution in [2.24, 2.45) is 0 Å². The van der Waals surface area contributed by atoms with Gasteiger partial charge in [0.05, 0.1) is 17.8 Å². The number of carbonyl (C=O) groups excluding carboxylic acids is 2. The molecule has 0 spiro atoms. The molecule has 0 saturated heterocycles. The number of hydrogen-bond donors (Lipinski definition) is 2. The summed E-state index contributed by atoms with van der Waals surface area (Å²) in [5.74, 6) is -1.20. The molecule has 1 heterocycles. The summed E-state index contributed by atoms with van der Waals surface area (Å²) >= 11 is 0. The van der Waals surface area contributed by atoms with Crippen molar-refractivity contribution in [3.8, 4) is 5.75 Å². The maximum Gasteiger partial charge on any atom is 0.335 e. The molecule has 7 nitrogen and oxygen atoms in total. The molecule has 0 saturated carbocycles. The van der Waals surface area contributed by atoms with Crippen molar-refractivity contribution in [2.45, 2.75) is 6.54 Å². The predicted octanol–water partition coefficient (Wildman–Crippen LogP) is 1.43. The molecule has 7 heteroatoms. The molecule has 0 aromatic heterocycles. The highest BCUT2D eigenvalue weighted by Crippen LogP contribution is 2.30. The number of benzene rings is 2. The van der Waals surface area contributed by atoms with Gasteiger partial charge in [-0.2, -0.15) is 0 Å². The summed E-state index contributed by atoms with van der Waals surface area (Å²) in [7, 11) is 0. The molecule has 3 rings (SSSR count). The van der Waals surface area contributed by atoms with E-state index in [-0.39, 0.29) is 31.1 Å². The Hall–Kier alpha value is -3.35. The minimum atomic E-state index is -0.994. The standard InChI is InChI=1S/C18H16N2O5/c21-16(19-9-12-5-7-13(8-6-12)18(23)24)10-20-11-17(22)25-15-4-2-1-3-14(15)20/h1-8H,9-11H2,(H,19,21)(H,23,24). The normalized spacial score (nSPS) is 13.0. The Morgan fingerprint density at radius 1 is 1.12 bits per heavy atom. The number of esters is 1. The number of rotatable bonds is 5. The first-order chi connectivity index (χ1) is 12.0. The van der Waals surface area contributed by atoms with Crippen LogP contribution in [0.25, 0.3) is 0 Å². The highest BCUT2D eigenvalue weighted by molar-refractivity contribution is 5.89. The topological polar surface area (TPSA) is 95.9 Å². The average molecular weight is 340 g/mol. The van der Waals surface area contributed by atoms with E-state index >= 15 is 0 Å². The number of aromatic carboxylic acids is 1. The number of carboxylic acid groups (broad SMARTS) is 1. The van der Waals surface area contributed by atoms with Crippen LogP contribution in [0.4, 0.5) is 5.69 Å². The fraction of sp³-hybridized carbons (Fsp3) is 0.167. The van der Waals surface area contributed by atoms with Crippen LogP contribution in [-0.4, -0.2) is 36.0 Å². The van der Waals surface area contributed by atoms with E-state index in [1.165, 1.54) is 12.1 Å². The van der Waals surface area contributed by atoms with E-state index in [1.54, 1.807) is 35.2 Å². The second-order valence-corrected chi connectivity index (χ2v) is 5.58. The number of anilines is 1. The van der Waals surface area contributed by atoms with Crippen LogP contribution in [0.3, 0.4) is 0 Å². The van der Waals surface area contributed by atoms with Gasteiger partial charge in [-0.05, 0) is 29.8 Å². The average Bonchev–Trinajstić information content (AvgIpc) is 2.60. The first kappa shape index (κ1) is 16.5. The van der Waals surface area contributed by atoms with Gasteiger partial charge in [-0.15, -0.1) is 0 Å². The minimum Gasteiger partial charge on any atom is -0.478 e. The lowest BCUT2D eigenvalue weighted by molar-refractivity contribution is -0.133. The number of fused-ring (bicyclic) bond motifs is 1. The zero-order chi connectivity index (χ0) is 17.8. The zero-order valence-corrected chi connectivity index (χ0v) is 13.3. The third-order valence-corrected chi connectivity index (χ3v) is 3.77. The number of amides is 1. The summed E-state index contributed by atoms with van der Waals surface area (Å²) in [6.07, 6.45) is 0. The molecule has 2 N–H and O–H groups in total. The van der Waals surface area contributed by atoms with Crippen molar-refractivity contribution in [3.63, 3.8) is 0 Å². The molecule has 0 radical (unpaired) electrons. The van der Waals surface area contributed by atoms with E-state index in [0.717, 1.165) is 5.56 Å². The van der Waals surface area contributed by atoms with E-state index in [9.17, 15) is 14.4 Å². The molecule has 2 aromatic carbocycles. The maximum atomic E-state index is 12.2. The summed E-state index contributed by atoms with van der Waals surface area (Å²) in [5.41, 5.74) is 1.68. The van der Waals surface area contributed by atoms with Crippen LogP contribution in [0.2, 0.25) is 0 Å². The number of ether oxygens (including phenoxy) is 1. The predicted molar refractivity (Wildman–Crippen MR) is 89.5 cm³/mol. The molecule has 0 fully saturated rings. The van der Waals surface area contributed by atoms with Crippen molar-refractivity contribution >= 4 is 23.5 Å². The van der Waals surface area contributed by atoms with Crippen LogP contribution < -0.4 is 15.0 Å². The van der Waals surface area contributed by atoms with Crippen molar-refractivity contribution in [3.05, 3.63) is 59.7 Å². The zero-order valence-electron chi connectivity index (χ0n) is 13.3. The van der Waals surface area contributed by atoms with Crippen LogP contribution in [-0.2, 0) is 16.1 Å². The van der Waals surface area contributed by atoms with E-state index in [0.29, 0.717) is 11.4 Å². The van der Waals surface area contributed by atoms with Gasteiger partial charge in [0.2, 0.25) is 5.91 Å². The van der Waals surface area contributed by atoms with Crippen LogP contribution in [0, 0.1) is 0 Å². The van der Waals surface area contributed by atoms with Gasteiger partial charge in [0.15, 0.2) is 5.75 Å². The van der Waals surface area contributed by atoms with Crippen molar-refractivity contribution in [2.75, 3.05) is 18.0 Å². The van der Waals surface area contributed by atoms with Crippen LogP contribution >= 0.6 is 0 Å². The summed E-state index contributed by atoms with van der Waals surface area (Å²) in [6.45, 7) is 0.315. The highest BCUT2D eigenvalue weighted by Gasteiger charge is 2.25. The largest absolute Gasteiger partial charge is 0.478 e. The molecular weight excluding hydrogens is 324 g/mol. The number of para-hydroxylation sites is 2. The van der Waals surface area contributed by atoms with Gasteiger partial charge < -0.3 is 20.1 Å². The lowest BCUT2D eigenvalue weighted by Gasteiger charge is -2.29. The number of carbonyl (C=O) groups is 3. The lowest BCUT2D eigenvalue weighted by atomic mass is 10.1. The Labute approximate surface area is 143 Å². The Morgan fingerprint density at radius 2 is 1.84 bits per heavy atom. The first-order valence-electron chi connectivity index (χ1n) is 7.66. The smallest absolute Gasteiger partial charge is 0.335 e. The molecule has 1 aliphatic heterocycles. The Kier molecular flexibility index (Phi) is 4.65. The molecular formula is C18H16N2O5. The number of nitrogens with one attached hydrogen (secondary N) is 1. The molecule has 0 atom stereocenters. The van der Waals surface area contributed by atoms with E-state index in [1.807, 2.05) is 6.07 Å². The Morgan fingerprint density at radius 3 is 2.56 bits per heavy atom. The third-order valence-electron chi connectivity index (χ3n) is 3.77. The Balaban J connectivity index is 1.59. The van der Waals surface area contributed by atoms with Gasteiger partial charge in [0.1, 0.15) is 6.54 Å². The van der Waals surface area contributed by atoms with Crippen molar-refractivity contribution < 1.29 is 24.2 Å². The molecule has 1 aliphatic rings. The van der Waals surface area contributed by atoms with E-state index in [4.69, 9.17) is 9.84 Å². The minimum absolute atomic E-state index is 0.0116. The van der Waals surface area contributed by atoms with Gasteiger partial charge in [-0.25, -0.2) is 9.59 Å². The summed E-state index contributed by atoms with van der Waals surface area (Å²) < 4.78 is 5.14. The second kappa shape index (κ2) is 7.04. The molecule has 25 heavy (non-hydrogen) atoms. The molecule has 0 unspecified atom stereocenters. The Bertz CT molecular complexity index is 816. The van der Waals surface area contributed by atoms with Crippen molar-refractivity contribution in [1.82, 2.24) is 5.32 Å². The SMILES string of the molecule is O=C(CN1CC(=O)Oc2ccccc21)NCc1ccc(C(=O)O)cc1. The highest BCUT2D eigenvalue weighted by atomic mass is 16.5. The van der Waals surface area contributed by atoms with Crippen LogP contribution in [0.1, 0.15) is 15.9 Å². The fourth-order valence-electron chi connectivity index (χ4n) is 2.54. The van der Waals surface area contributed by atoms with Crippen LogP contribution in [0.5, 0.6) is 5.75 Å². The molecule has 128 valence electrons. The first-order valence-corrected chi connectivity index (χ1v) is 7.66. The molecule has 0 bridgehead atoms. The van der Waals surface area contributed by atoms with Gasteiger partial charge in [0.25, 0.3) is 0 Å². The van der Waals surface area contributed by atoms with E-state index in [2.05, 4.69) is 5.32 Å². The number of hydrogen-bond acceptors (Lipinski definition) is 5. The van der Waals surface area contributed by atoms with Gasteiger partial charge in [-0.1, -0.05) is 24.3 Å². The second-order valence-electron chi connectivity index (χ2n) is 5.58. The lowest BCUT2D eigenvalue weighted by Crippen LogP contribution is -2.43. The quantitative estimate of drug-likeness (QED) is 0.631. The van der Waals surface area contributed by atoms with E-state index < -0.39 is 11.9 Å². The number of nitrogens with zero attached hydrogens (tertiary/aromatic N) is 1. The van der Waals surface area contributed by atoms with Gasteiger partial charge in [0, 0.05) is 6.54 Å². The number of carboxylic acids is 1. The van der Waals surface area contributed by atoms with Gasteiger partial charge in [-0.3, -0.25) is 4.79 Å². The molecule has 2 aromatic rings. The summed E-state index contributed by atoms with van der Waals surface area (Å²) in [4.78, 5) is 36.3. The van der Waals surface area contributed by atoms with Gasteiger partial charge >= 0.3 is 11.9 Å². The van der Waals surface area contributed by atoms with Crippen molar-refractivity contribution in [1.29, 1.82) is 0 Å².